The molecule has 2 rings (SSSR count). The predicted molar refractivity (Wildman–Crippen MR) is 89.7 cm³/mol. The Morgan fingerprint density at radius 3 is 2.65 bits per heavy atom. The second kappa shape index (κ2) is 7.58. The highest BCUT2D eigenvalue weighted by Gasteiger charge is 2.10. The summed E-state index contributed by atoms with van der Waals surface area (Å²) < 4.78 is 6.69. The highest BCUT2D eigenvalue weighted by molar-refractivity contribution is 5.83. The van der Waals surface area contributed by atoms with Gasteiger partial charge in [0.1, 0.15) is 0 Å². The van der Waals surface area contributed by atoms with Crippen molar-refractivity contribution in [2.24, 2.45) is 5.10 Å². The van der Waals surface area contributed by atoms with Crippen LogP contribution in [0.3, 0.4) is 0 Å². The van der Waals surface area contributed by atoms with Gasteiger partial charge in [-0.2, -0.15) is 10.2 Å². The molecule has 23 heavy (non-hydrogen) atoms. The Balaban J connectivity index is 2.11. The lowest BCUT2D eigenvalue weighted by atomic mass is 10.1. The van der Waals surface area contributed by atoms with Crippen LogP contribution in [0.25, 0.3) is 0 Å². The molecule has 1 heterocycles. The summed E-state index contributed by atoms with van der Waals surface area (Å²) in [6.07, 6.45) is 1.03. The van der Waals surface area contributed by atoms with Crippen LogP contribution in [-0.2, 0) is 11.3 Å². The van der Waals surface area contributed by atoms with Gasteiger partial charge < -0.3 is 4.74 Å². The van der Waals surface area contributed by atoms with Crippen LogP contribution in [0.15, 0.2) is 29.4 Å². The van der Waals surface area contributed by atoms with Crippen molar-refractivity contribution in [2.75, 3.05) is 6.61 Å². The maximum Gasteiger partial charge on any atom is 0.427 e. The Morgan fingerprint density at radius 1 is 1.30 bits per heavy atom. The van der Waals surface area contributed by atoms with Crippen molar-refractivity contribution in [3.8, 4) is 0 Å². The summed E-state index contributed by atoms with van der Waals surface area (Å²) >= 11 is 0. The number of carbonyl (C=O) groups excluding carboxylic acids is 1. The Labute approximate surface area is 136 Å². The van der Waals surface area contributed by atoms with Gasteiger partial charge in [-0.15, -0.1) is 0 Å². The third-order valence-corrected chi connectivity index (χ3v) is 3.52. The fraction of sp³-hybridized carbons (Fsp3) is 0.353. The predicted octanol–water partition coefficient (Wildman–Crippen LogP) is 2.94. The van der Waals surface area contributed by atoms with Gasteiger partial charge in [0, 0.05) is 11.3 Å². The zero-order valence-electron chi connectivity index (χ0n) is 14.0. The number of aryl methyl sites for hydroxylation is 2. The maximum absolute atomic E-state index is 11.2. The van der Waals surface area contributed by atoms with E-state index in [0.717, 1.165) is 17.0 Å². The third-order valence-electron chi connectivity index (χ3n) is 3.52. The summed E-state index contributed by atoms with van der Waals surface area (Å²) in [5, 5.41) is 8.45. The van der Waals surface area contributed by atoms with E-state index < -0.39 is 6.09 Å². The van der Waals surface area contributed by atoms with E-state index in [4.69, 9.17) is 4.74 Å². The number of hydrogen-bond donors (Lipinski definition) is 1. The van der Waals surface area contributed by atoms with Crippen LogP contribution in [0.4, 0.5) is 4.79 Å². The maximum atomic E-state index is 11.2. The van der Waals surface area contributed by atoms with E-state index in [1.165, 1.54) is 11.1 Å². The zero-order chi connectivity index (χ0) is 16.8. The first-order valence-electron chi connectivity index (χ1n) is 7.56. The Kier molecular flexibility index (Phi) is 5.51. The molecule has 1 aromatic carbocycles. The van der Waals surface area contributed by atoms with E-state index in [9.17, 15) is 4.79 Å². The molecule has 122 valence electrons. The number of carbonyl (C=O) groups is 1. The summed E-state index contributed by atoms with van der Waals surface area (Å²) in [6, 6.07) is 8.38. The third kappa shape index (κ3) is 4.42. The van der Waals surface area contributed by atoms with Gasteiger partial charge in [0.2, 0.25) is 0 Å². The molecule has 0 saturated carbocycles. The van der Waals surface area contributed by atoms with E-state index in [2.05, 4.69) is 46.8 Å². The molecule has 6 heteroatoms. The summed E-state index contributed by atoms with van der Waals surface area (Å²) in [6.45, 7) is 8.73. The molecule has 0 spiro atoms. The second-order valence-electron chi connectivity index (χ2n) is 5.32. The molecule has 2 aromatic rings. The van der Waals surface area contributed by atoms with Crippen LogP contribution in [0.1, 0.15) is 35.0 Å². The Hall–Kier alpha value is -2.63. The largest absolute Gasteiger partial charge is 0.449 e. The molecule has 0 bridgehead atoms. The lowest BCUT2D eigenvalue weighted by molar-refractivity contribution is 0.152. The monoisotopic (exact) mass is 314 g/mol. The summed E-state index contributed by atoms with van der Waals surface area (Å²) in [7, 11) is 0. The molecule has 6 nitrogen and oxygen atoms in total. The molecular formula is C17H22N4O2. The molecular weight excluding hydrogens is 292 g/mol. The summed E-state index contributed by atoms with van der Waals surface area (Å²) in [4.78, 5) is 11.2. The van der Waals surface area contributed by atoms with Crippen LogP contribution in [0.5, 0.6) is 0 Å². The lowest BCUT2D eigenvalue weighted by Crippen LogP contribution is -2.18. The number of ether oxygens (including phenoxy) is 1. The first-order valence-corrected chi connectivity index (χ1v) is 7.56. The van der Waals surface area contributed by atoms with Gasteiger partial charge in [-0.1, -0.05) is 29.8 Å². The molecule has 0 unspecified atom stereocenters. The number of benzene rings is 1. The van der Waals surface area contributed by atoms with Crippen LogP contribution in [0, 0.1) is 20.8 Å². The van der Waals surface area contributed by atoms with Crippen molar-refractivity contribution in [3.63, 3.8) is 0 Å². The normalized spacial score (nSPS) is 11.0. The van der Waals surface area contributed by atoms with Crippen LogP contribution >= 0.6 is 0 Å². The molecule has 1 N–H and O–H groups in total. The average molecular weight is 314 g/mol. The number of aromatic nitrogens is 2. The summed E-state index contributed by atoms with van der Waals surface area (Å²) in [5.74, 6) is 0. The minimum absolute atomic E-state index is 0.313. The van der Waals surface area contributed by atoms with Crippen molar-refractivity contribution in [3.05, 3.63) is 52.3 Å². The highest BCUT2D eigenvalue weighted by atomic mass is 16.5. The van der Waals surface area contributed by atoms with Gasteiger partial charge in [0.15, 0.2) is 0 Å². The van der Waals surface area contributed by atoms with Crippen molar-refractivity contribution in [1.29, 1.82) is 0 Å². The van der Waals surface area contributed by atoms with E-state index in [1.54, 1.807) is 13.1 Å². The number of hydrazone groups is 1. The molecule has 1 aromatic heterocycles. The molecule has 1 amide bonds. The smallest absolute Gasteiger partial charge is 0.427 e. The first-order chi connectivity index (χ1) is 11.0. The van der Waals surface area contributed by atoms with Crippen LogP contribution < -0.4 is 5.43 Å². The van der Waals surface area contributed by atoms with Gasteiger partial charge in [-0.05, 0) is 33.3 Å². The second-order valence-corrected chi connectivity index (χ2v) is 5.32. The number of nitrogens with one attached hydrogen (secondary N) is 1. The lowest BCUT2D eigenvalue weighted by Gasteiger charge is -2.05. The number of hydrogen-bond acceptors (Lipinski definition) is 4. The Morgan fingerprint density at radius 2 is 2.00 bits per heavy atom. The van der Waals surface area contributed by atoms with Crippen molar-refractivity contribution >= 4 is 12.3 Å². The molecule has 0 atom stereocenters. The van der Waals surface area contributed by atoms with Gasteiger partial charge in [0.25, 0.3) is 0 Å². The van der Waals surface area contributed by atoms with Crippen molar-refractivity contribution < 1.29 is 9.53 Å². The van der Waals surface area contributed by atoms with Gasteiger partial charge in [-0.25, -0.2) is 10.2 Å². The van der Waals surface area contributed by atoms with Crippen LogP contribution in [-0.4, -0.2) is 28.7 Å². The van der Waals surface area contributed by atoms with Gasteiger partial charge in [0.05, 0.1) is 25.1 Å². The van der Waals surface area contributed by atoms with E-state index in [1.807, 2.05) is 18.5 Å². The van der Waals surface area contributed by atoms with Crippen LogP contribution in [0.2, 0.25) is 0 Å². The molecule has 0 radical (unpaired) electrons. The fourth-order valence-electron chi connectivity index (χ4n) is 2.23. The average Bonchev–Trinajstić information content (AvgIpc) is 2.77. The number of amides is 1. The first kappa shape index (κ1) is 16.7. The standard InChI is InChI=1S/C17H22N4O2/c1-5-23-17(22)19-18-10-16-13(3)20-21(14(16)4)11-15-8-6-12(2)7-9-15/h6-10H,5,11H2,1-4H3,(H,19,22)/b18-10+. The van der Waals surface area contributed by atoms with Gasteiger partial charge >= 0.3 is 6.09 Å². The van der Waals surface area contributed by atoms with E-state index >= 15 is 0 Å². The Bertz CT molecular complexity index is 702. The topological polar surface area (TPSA) is 68.5 Å². The zero-order valence-corrected chi connectivity index (χ0v) is 14.0. The SMILES string of the molecule is CCOC(=O)N/N=C/c1c(C)nn(Cc2ccc(C)cc2)c1C. The number of rotatable bonds is 5. The van der Waals surface area contributed by atoms with E-state index in [-0.39, 0.29) is 0 Å². The van der Waals surface area contributed by atoms with Gasteiger partial charge in [-0.3, -0.25) is 4.68 Å². The molecule has 0 aliphatic heterocycles. The minimum Gasteiger partial charge on any atom is -0.449 e. The highest BCUT2D eigenvalue weighted by Crippen LogP contribution is 2.13. The summed E-state index contributed by atoms with van der Waals surface area (Å²) in [5.41, 5.74) is 7.51. The van der Waals surface area contributed by atoms with Crippen molar-refractivity contribution in [1.82, 2.24) is 15.2 Å². The van der Waals surface area contributed by atoms with E-state index in [0.29, 0.717) is 13.2 Å². The molecule has 0 fully saturated rings. The molecule has 0 aliphatic carbocycles. The molecule has 0 saturated heterocycles. The quantitative estimate of drug-likeness (QED) is 0.681. The fourth-order valence-corrected chi connectivity index (χ4v) is 2.23. The number of nitrogens with zero attached hydrogens (tertiary/aromatic N) is 3. The van der Waals surface area contributed by atoms with Crippen molar-refractivity contribution in [2.45, 2.75) is 34.2 Å². The minimum atomic E-state index is -0.564. The molecule has 0 aliphatic rings.